The van der Waals surface area contributed by atoms with E-state index in [2.05, 4.69) is 54.7 Å². The second kappa shape index (κ2) is 12.0. The first-order chi connectivity index (χ1) is 18.1. The largest absolute Gasteiger partial charge is 0.375 e. The lowest BCUT2D eigenvalue weighted by Gasteiger charge is -2.45. The standard InChI is InChI=1S/C26H40N8O2S/c1-3-26(4-2)10-7-20(8-11-26)33-14-15-36-21(18-33)16-23(35)29-25-32-31-24(37-25)28-19-9-13-34(17-19)22-6-5-12-27-30-22/h5-6,12,19-21H,3-4,7-11,13-18H2,1-2H3,(H,28,31)(H,29,32,35)/t19-,21-/m1/s1. The van der Waals surface area contributed by atoms with Crippen molar-refractivity contribution < 1.29 is 9.53 Å². The van der Waals surface area contributed by atoms with Crippen molar-refractivity contribution in [3.63, 3.8) is 0 Å². The van der Waals surface area contributed by atoms with Crippen LogP contribution in [0.1, 0.15) is 65.2 Å². The average molecular weight is 529 g/mol. The highest BCUT2D eigenvalue weighted by Gasteiger charge is 2.36. The fourth-order valence-electron chi connectivity index (χ4n) is 6.17. The molecule has 2 aromatic rings. The number of carbonyl (C=O) groups excluding carboxylic acids is 1. The molecule has 0 aromatic carbocycles. The Morgan fingerprint density at radius 3 is 2.68 bits per heavy atom. The Balaban J connectivity index is 1.06. The molecule has 0 unspecified atom stereocenters. The number of anilines is 3. The van der Waals surface area contributed by atoms with E-state index in [9.17, 15) is 4.79 Å². The van der Waals surface area contributed by atoms with E-state index < -0.39 is 0 Å². The summed E-state index contributed by atoms with van der Waals surface area (Å²) in [5, 5.41) is 24.2. The monoisotopic (exact) mass is 528 g/mol. The van der Waals surface area contributed by atoms with E-state index in [0.29, 0.717) is 34.7 Å². The average Bonchev–Trinajstić information content (AvgIpc) is 3.59. The number of morpholine rings is 1. The summed E-state index contributed by atoms with van der Waals surface area (Å²) in [5.41, 5.74) is 0.547. The van der Waals surface area contributed by atoms with Crippen molar-refractivity contribution in [1.29, 1.82) is 0 Å². The first-order valence-electron chi connectivity index (χ1n) is 13.8. The molecule has 1 amide bonds. The summed E-state index contributed by atoms with van der Waals surface area (Å²) in [6, 6.07) is 4.75. The zero-order chi connectivity index (χ0) is 25.7. The summed E-state index contributed by atoms with van der Waals surface area (Å²) in [5.74, 6) is 0.822. The molecule has 0 radical (unpaired) electrons. The Kier molecular flexibility index (Phi) is 8.51. The highest BCUT2D eigenvalue weighted by atomic mass is 32.1. The van der Waals surface area contributed by atoms with Crippen molar-refractivity contribution in [2.45, 2.75) is 83.4 Å². The van der Waals surface area contributed by atoms with Crippen LogP contribution < -0.4 is 15.5 Å². The van der Waals surface area contributed by atoms with Gasteiger partial charge in [-0.05, 0) is 49.7 Å². The molecule has 1 saturated carbocycles. The van der Waals surface area contributed by atoms with E-state index in [-0.39, 0.29) is 18.1 Å². The number of aromatic nitrogens is 4. The van der Waals surface area contributed by atoms with Crippen LogP contribution in [0.25, 0.3) is 0 Å². The van der Waals surface area contributed by atoms with Crippen LogP contribution in [0.4, 0.5) is 16.1 Å². The Morgan fingerprint density at radius 1 is 1.11 bits per heavy atom. The molecule has 2 N–H and O–H groups in total. The van der Waals surface area contributed by atoms with Crippen LogP contribution in [0, 0.1) is 5.41 Å². The Hall–Kier alpha value is -2.37. The summed E-state index contributed by atoms with van der Waals surface area (Å²) in [6.07, 6.45) is 10.7. The second-order valence-electron chi connectivity index (χ2n) is 10.7. The van der Waals surface area contributed by atoms with Crippen LogP contribution in [-0.2, 0) is 9.53 Å². The molecule has 4 heterocycles. The maximum atomic E-state index is 12.8. The lowest BCUT2D eigenvalue weighted by atomic mass is 9.69. The number of carbonyl (C=O) groups is 1. The minimum Gasteiger partial charge on any atom is -0.375 e. The van der Waals surface area contributed by atoms with Crippen LogP contribution in [0.2, 0.25) is 0 Å². The van der Waals surface area contributed by atoms with E-state index in [0.717, 1.165) is 38.4 Å². The van der Waals surface area contributed by atoms with Crippen LogP contribution in [0.3, 0.4) is 0 Å². The van der Waals surface area contributed by atoms with Crippen molar-refractivity contribution in [2.75, 3.05) is 48.3 Å². The number of nitrogens with one attached hydrogen (secondary N) is 2. The zero-order valence-corrected chi connectivity index (χ0v) is 22.9. The molecule has 0 bridgehead atoms. The minimum atomic E-state index is -0.0751. The highest BCUT2D eigenvalue weighted by Crippen LogP contribution is 2.43. The van der Waals surface area contributed by atoms with Gasteiger partial charge in [0.2, 0.25) is 16.2 Å². The van der Waals surface area contributed by atoms with Gasteiger partial charge < -0.3 is 20.3 Å². The lowest BCUT2D eigenvalue weighted by Crippen LogP contribution is -2.50. The van der Waals surface area contributed by atoms with Gasteiger partial charge in [0.1, 0.15) is 0 Å². The number of hydrogen-bond acceptors (Lipinski definition) is 10. The first-order valence-corrected chi connectivity index (χ1v) is 14.7. The van der Waals surface area contributed by atoms with Crippen molar-refractivity contribution in [1.82, 2.24) is 25.3 Å². The van der Waals surface area contributed by atoms with Gasteiger partial charge in [-0.15, -0.1) is 15.3 Å². The third-order valence-corrected chi connectivity index (χ3v) is 9.45. The maximum absolute atomic E-state index is 12.8. The van der Waals surface area contributed by atoms with Gasteiger partial charge in [0.05, 0.1) is 19.1 Å². The van der Waals surface area contributed by atoms with Crippen molar-refractivity contribution in [3.05, 3.63) is 18.3 Å². The van der Waals surface area contributed by atoms with Crippen LogP contribution >= 0.6 is 11.3 Å². The van der Waals surface area contributed by atoms with Gasteiger partial charge in [0, 0.05) is 44.5 Å². The van der Waals surface area contributed by atoms with E-state index >= 15 is 0 Å². The number of amides is 1. The van der Waals surface area contributed by atoms with Crippen LogP contribution in [0.5, 0.6) is 0 Å². The summed E-state index contributed by atoms with van der Waals surface area (Å²) in [7, 11) is 0. The smallest absolute Gasteiger partial charge is 0.228 e. The second-order valence-corrected chi connectivity index (χ2v) is 11.7. The highest BCUT2D eigenvalue weighted by molar-refractivity contribution is 7.19. The van der Waals surface area contributed by atoms with E-state index in [1.165, 1.54) is 49.9 Å². The van der Waals surface area contributed by atoms with E-state index in [4.69, 9.17) is 4.74 Å². The third-order valence-electron chi connectivity index (χ3n) is 8.68. The number of nitrogens with zero attached hydrogens (tertiary/aromatic N) is 6. The van der Waals surface area contributed by atoms with Crippen molar-refractivity contribution in [2.24, 2.45) is 5.41 Å². The van der Waals surface area contributed by atoms with Crippen molar-refractivity contribution >= 4 is 33.3 Å². The molecule has 2 saturated heterocycles. The fourth-order valence-corrected chi connectivity index (χ4v) is 6.90. The summed E-state index contributed by atoms with van der Waals surface area (Å²) in [6.45, 7) is 8.92. The molecule has 3 fully saturated rings. The summed E-state index contributed by atoms with van der Waals surface area (Å²) in [4.78, 5) is 17.5. The molecule has 5 rings (SSSR count). The van der Waals surface area contributed by atoms with Gasteiger partial charge in [-0.2, -0.15) is 5.10 Å². The lowest BCUT2D eigenvalue weighted by molar-refractivity contribution is -0.122. The van der Waals surface area contributed by atoms with Crippen molar-refractivity contribution in [3.8, 4) is 0 Å². The predicted octanol–water partition coefficient (Wildman–Crippen LogP) is 3.80. The van der Waals surface area contributed by atoms with E-state index in [1.807, 2.05) is 12.1 Å². The Labute approximate surface area is 223 Å². The zero-order valence-electron chi connectivity index (χ0n) is 22.1. The molecular weight excluding hydrogens is 488 g/mol. The third kappa shape index (κ3) is 6.56. The summed E-state index contributed by atoms with van der Waals surface area (Å²) >= 11 is 1.37. The normalized spacial score (nSPS) is 24.8. The maximum Gasteiger partial charge on any atom is 0.228 e. The van der Waals surface area contributed by atoms with Gasteiger partial charge in [-0.25, -0.2) is 0 Å². The fraction of sp³-hybridized carbons (Fsp3) is 0.731. The molecule has 2 aromatic heterocycles. The number of rotatable bonds is 9. The molecule has 0 spiro atoms. The topological polar surface area (TPSA) is 108 Å². The minimum absolute atomic E-state index is 0.0659. The Morgan fingerprint density at radius 2 is 1.92 bits per heavy atom. The quantitative estimate of drug-likeness (QED) is 0.502. The molecule has 10 nitrogen and oxygen atoms in total. The van der Waals surface area contributed by atoms with Gasteiger partial charge in [-0.1, -0.05) is 38.0 Å². The number of ether oxygens (including phenoxy) is 1. The van der Waals surface area contributed by atoms with Gasteiger partial charge in [0.15, 0.2) is 5.82 Å². The van der Waals surface area contributed by atoms with Gasteiger partial charge >= 0.3 is 0 Å². The molecule has 3 aliphatic rings. The molecule has 2 atom stereocenters. The Bertz CT molecular complexity index is 1010. The van der Waals surface area contributed by atoms with Crippen LogP contribution in [-0.4, -0.2) is 82.2 Å². The van der Waals surface area contributed by atoms with E-state index in [1.54, 1.807) is 6.20 Å². The molecule has 11 heteroatoms. The molecule has 37 heavy (non-hydrogen) atoms. The van der Waals surface area contributed by atoms with Gasteiger partial charge in [0.25, 0.3) is 0 Å². The molecule has 202 valence electrons. The number of hydrogen-bond donors (Lipinski definition) is 2. The first kappa shape index (κ1) is 26.2. The molecule has 2 aliphatic heterocycles. The molecular formula is C26H40N8O2S. The summed E-state index contributed by atoms with van der Waals surface area (Å²) < 4.78 is 5.97. The predicted molar refractivity (Wildman–Crippen MR) is 146 cm³/mol. The molecule has 1 aliphatic carbocycles. The van der Waals surface area contributed by atoms with Crippen LogP contribution in [0.15, 0.2) is 18.3 Å². The SMILES string of the molecule is CCC1(CC)CCC(N2CCO[C@H](CC(=O)Nc3nnc(N[C@@H]4CCN(c5cccnn5)C4)s3)C2)CC1. The van der Waals surface area contributed by atoms with Gasteiger partial charge in [-0.3, -0.25) is 9.69 Å².